The van der Waals surface area contributed by atoms with Crippen LogP contribution in [0.2, 0.25) is 0 Å². The number of hydrogen-bond acceptors (Lipinski definition) is 1. The van der Waals surface area contributed by atoms with Crippen LogP contribution in [0.5, 0.6) is 0 Å². The molecule has 0 N–H and O–H groups in total. The van der Waals surface area contributed by atoms with E-state index in [-0.39, 0.29) is 5.82 Å². The predicted octanol–water partition coefficient (Wildman–Crippen LogP) is 3.63. The van der Waals surface area contributed by atoms with Gasteiger partial charge in [-0.2, -0.15) is 5.10 Å². The Morgan fingerprint density at radius 1 is 1.38 bits per heavy atom. The Kier molecular flexibility index (Phi) is 2.03. The maximum absolute atomic E-state index is 13.8. The highest BCUT2D eigenvalue weighted by molar-refractivity contribution is 5.79. The molecule has 1 saturated carbocycles. The van der Waals surface area contributed by atoms with E-state index in [4.69, 9.17) is 0 Å². The SMILES string of the molecule is CC(C)c1cc(F)c2nn(C3CC3)cc2c1. The highest BCUT2D eigenvalue weighted by atomic mass is 19.1. The van der Waals surface area contributed by atoms with Crippen LogP contribution in [0.25, 0.3) is 10.9 Å². The quantitative estimate of drug-likeness (QED) is 0.752. The molecule has 0 unspecified atom stereocenters. The van der Waals surface area contributed by atoms with E-state index in [0.29, 0.717) is 17.5 Å². The molecule has 3 heteroatoms. The van der Waals surface area contributed by atoms with E-state index in [1.807, 2.05) is 10.9 Å². The number of hydrogen-bond donors (Lipinski definition) is 0. The maximum atomic E-state index is 13.8. The Bertz CT molecular complexity index is 538. The molecule has 1 aromatic heterocycles. The molecular weight excluding hydrogens is 203 g/mol. The van der Waals surface area contributed by atoms with E-state index < -0.39 is 0 Å². The molecule has 84 valence electrons. The first-order chi connectivity index (χ1) is 7.65. The summed E-state index contributed by atoms with van der Waals surface area (Å²) in [5.41, 5.74) is 1.55. The fourth-order valence-corrected chi connectivity index (χ4v) is 1.99. The van der Waals surface area contributed by atoms with Gasteiger partial charge in [-0.15, -0.1) is 0 Å². The molecule has 1 aliphatic carbocycles. The molecule has 1 aliphatic rings. The molecule has 0 aliphatic heterocycles. The number of halogens is 1. The average molecular weight is 218 g/mol. The van der Waals surface area contributed by atoms with Crippen molar-refractivity contribution in [2.24, 2.45) is 0 Å². The van der Waals surface area contributed by atoms with Crippen LogP contribution in [0.4, 0.5) is 4.39 Å². The number of nitrogens with zero attached hydrogens (tertiary/aromatic N) is 2. The smallest absolute Gasteiger partial charge is 0.151 e. The first-order valence-electron chi connectivity index (χ1n) is 5.83. The van der Waals surface area contributed by atoms with Crippen molar-refractivity contribution >= 4 is 10.9 Å². The molecule has 0 bridgehead atoms. The van der Waals surface area contributed by atoms with Gasteiger partial charge >= 0.3 is 0 Å². The summed E-state index contributed by atoms with van der Waals surface area (Å²) in [7, 11) is 0. The van der Waals surface area contributed by atoms with Gasteiger partial charge in [0.15, 0.2) is 5.82 Å². The number of aromatic nitrogens is 2. The van der Waals surface area contributed by atoms with Gasteiger partial charge in [0.2, 0.25) is 0 Å². The van der Waals surface area contributed by atoms with E-state index >= 15 is 0 Å². The zero-order chi connectivity index (χ0) is 11.3. The van der Waals surface area contributed by atoms with E-state index in [1.165, 1.54) is 12.8 Å². The Labute approximate surface area is 94.1 Å². The van der Waals surface area contributed by atoms with Crippen molar-refractivity contribution in [3.63, 3.8) is 0 Å². The molecule has 0 spiro atoms. The summed E-state index contributed by atoms with van der Waals surface area (Å²) in [5.74, 6) is 0.156. The van der Waals surface area contributed by atoms with Crippen molar-refractivity contribution in [3.05, 3.63) is 29.7 Å². The molecule has 2 aromatic rings. The van der Waals surface area contributed by atoms with E-state index in [9.17, 15) is 4.39 Å². The summed E-state index contributed by atoms with van der Waals surface area (Å²) >= 11 is 0. The van der Waals surface area contributed by atoms with E-state index in [1.54, 1.807) is 6.07 Å². The second kappa shape index (κ2) is 3.30. The first kappa shape index (κ1) is 9.82. The summed E-state index contributed by atoms with van der Waals surface area (Å²) in [4.78, 5) is 0. The van der Waals surface area contributed by atoms with E-state index in [0.717, 1.165) is 10.9 Å². The van der Waals surface area contributed by atoms with Crippen molar-refractivity contribution in [2.45, 2.75) is 38.6 Å². The minimum absolute atomic E-state index is 0.194. The van der Waals surface area contributed by atoms with Gasteiger partial charge < -0.3 is 0 Å². The Morgan fingerprint density at radius 3 is 2.75 bits per heavy atom. The van der Waals surface area contributed by atoms with Crippen LogP contribution >= 0.6 is 0 Å². The van der Waals surface area contributed by atoms with Crippen molar-refractivity contribution in [3.8, 4) is 0 Å². The monoisotopic (exact) mass is 218 g/mol. The first-order valence-corrected chi connectivity index (χ1v) is 5.83. The molecule has 0 atom stereocenters. The summed E-state index contributed by atoms with van der Waals surface area (Å²) < 4.78 is 15.7. The van der Waals surface area contributed by atoms with Crippen LogP contribution in [0, 0.1) is 5.82 Å². The van der Waals surface area contributed by atoms with Gasteiger partial charge in [-0.3, -0.25) is 4.68 Å². The summed E-state index contributed by atoms with van der Waals surface area (Å²) in [6.45, 7) is 4.15. The van der Waals surface area contributed by atoms with Crippen LogP contribution in [0.1, 0.15) is 44.2 Å². The topological polar surface area (TPSA) is 17.8 Å². The maximum Gasteiger partial charge on any atom is 0.151 e. The summed E-state index contributed by atoms with van der Waals surface area (Å²) in [6, 6.07) is 4.17. The molecule has 16 heavy (non-hydrogen) atoms. The van der Waals surface area contributed by atoms with Gasteiger partial charge in [0.1, 0.15) is 5.52 Å². The largest absolute Gasteiger partial charge is 0.268 e. The van der Waals surface area contributed by atoms with Gasteiger partial charge in [0.25, 0.3) is 0 Å². The molecule has 0 radical (unpaired) electrons. The predicted molar refractivity (Wildman–Crippen MR) is 62.1 cm³/mol. The normalized spacial score (nSPS) is 16.2. The number of fused-ring (bicyclic) bond motifs is 1. The highest BCUT2D eigenvalue weighted by Gasteiger charge is 2.25. The number of rotatable bonds is 2. The van der Waals surface area contributed by atoms with Crippen LogP contribution in [0.3, 0.4) is 0 Å². The standard InChI is InChI=1S/C13H15FN2/c1-8(2)9-5-10-7-16(11-3-4-11)15-13(10)12(14)6-9/h5-8,11H,3-4H2,1-2H3. The summed E-state index contributed by atoms with van der Waals surface area (Å²) in [5, 5.41) is 5.24. The van der Waals surface area contributed by atoms with Crippen LogP contribution in [-0.2, 0) is 0 Å². The van der Waals surface area contributed by atoms with Gasteiger partial charge in [-0.05, 0) is 36.5 Å². The lowest BCUT2D eigenvalue weighted by Gasteiger charge is -2.04. The van der Waals surface area contributed by atoms with Crippen molar-refractivity contribution in [2.75, 3.05) is 0 Å². The second-order valence-electron chi connectivity index (χ2n) is 4.94. The van der Waals surface area contributed by atoms with Crippen molar-refractivity contribution in [1.82, 2.24) is 9.78 Å². The molecule has 1 aromatic carbocycles. The molecule has 0 amide bonds. The molecule has 1 heterocycles. The lowest BCUT2D eigenvalue weighted by atomic mass is 10.0. The minimum atomic E-state index is -0.194. The fourth-order valence-electron chi connectivity index (χ4n) is 1.99. The number of benzene rings is 1. The van der Waals surface area contributed by atoms with Crippen LogP contribution in [0.15, 0.2) is 18.3 Å². The Morgan fingerprint density at radius 2 is 2.12 bits per heavy atom. The molecule has 0 saturated heterocycles. The molecule has 3 rings (SSSR count). The zero-order valence-electron chi connectivity index (χ0n) is 9.57. The van der Waals surface area contributed by atoms with Crippen molar-refractivity contribution < 1.29 is 4.39 Å². The molecule has 1 fully saturated rings. The van der Waals surface area contributed by atoms with E-state index in [2.05, 4.69) is 25.0 Å². The third kappa shape index (κ3) is 1.51. The minimum Gasteiger partial charge on any atom is -0.268 e. The third-order valence-corrected chi connectivity index (χ3v) is 3.19. The third-order valence-electron chi connectivity index (χ3n) is 3.19. The Hall–Kier alpha value is -1.38. The molecule has 2 nitrogen and oxygen atoms in total. The molecular formula is C13H15FN2. The van der Waals surface area contributed by atoms with Gasteiger partial charge in [0.05, 0.1) is 6.04 Å². The highest BCUT2D eigenvalue weighted by Crippen LogP contribution is 2.35. The summed E-state index contributed by atoms with van der Waals surface area (Å²) in [6.07, 6.45) is 4.32. The van der Waals surface area contributed by atoms with Gasteiger partial charge in [-0.1, -0.05) is 13.8 Å². The fraction of sp³-hybridized carbons (Fsp3) is 0.462. The lowest BCUT2D eigenvalue weighted by molar-refractivity contribution is 0.615. The Balaban J connectivity index is 2.17. The lowest BCUT2D eigenvalue weighted by Crippen LogP contribution is -1.93. The second-order valence-corrected chi connectivity index (χ2v) is 4.94. The van der Waals surface area contributed by atoms with Crippen LogP contribution < -0.4 is 0 Å². The average Bonchev–Trinajstić information content (AvgIpc) is 2.98. The van der Waals surface area contributed by atoms with Crippen molar-refractivity contribution in [1.29, 1.82) is 0 Å². The van der Waals surface area contributed by atoms with Gasteiger partial charge in [-0.25, -0.2) is 4.39 Å². The van der Waals surface area contributed by atoms with Gasteiger partial charge in [0, 0.05) is 11.6 Å². The zero-order valence-corrected chi connectivity index (χ0v) is 9.57. The van der Waals surface area contributed by atoms with Crippen LogP contribution in [-0.4, -0.2) is 9.78 Å².